The van der Waals surface area contributed by atoms with Crippen LogP contribution in [0.1, 0.15) is 17.1 Å². The summed E-state index contributed by atoms with van der Waals surface area (Å²) in [7, 11) is 1.95. The summed E-state index contributed by atoms with van der Waals surface area (Å²) in [6, 6.07) is 11.0. The monoisotopic (exact) mass is 582 g/mol. The Kier molecular flexibility index (Phi) is 6.81. The van der Waals surface area contributed by atoms with Crippen LogP contribution in [0.4, 0.5) is 0 Å². The van der Waals surface area contributed by atoms with Crippen LogP contribution >= 0.6 is 23.2 Å². The van der Waals surface area contributed by atoms with Crippen LogP contribution in [0.15, 0.2) is 78.7 Å². The minimum atomic E-state index is -0.138. The second kappa shape index (κ2) is 10.5. The van der Waals surface area contributed by atoms with E-state index < -0.39 is 0 Å². The summed E-state index contributed by atoms with van der Waals surface area (Å²) >= 11 is 12.5. The number of nitrogens with zero attached hydrogens (tertiary/aromatic N) is 7. The Bertz CT molecular complexity index is 2090. The highest BCUT2D eigenvalue weighted by Gasteiger charge is 2.25. The lowest BCUT2D eigenvalue weighted by Gasteiger charge is -2.08. The molecular weight excluding hydrogens is 557 g/mol. The molecule has 0 amide bonds. The first-order valence-electron chi connectivity index (χ1n) is 13.0. The van der Waals surface area contributed by atoms with E-state index in [0.29, 0.717) is 50.8 Å². The topological polar surface area (TPSA) is 73.9 Å². The van der Waals surface area contributed by atoms with Gasteiger partial charge in [-0.15, -0.1) is 0 Å². The number of allylic oxidation sites excluding steroid dienone is 4. The molecule has 0 aliphatic heterocycles. The maximum Gasteiger partial charge on any atom is 0.323 e. The summed E-state index contributed by atoms with van der Waals surface area (Å²) in [6.07, 6.45) is 11.5. The predicted molar refractivity (Wildman–Crippen MR) is 166 cm³/mol. The normalized spacial score (nSPS) is 12.2. The SMILES string of the molecule is C=CCn1c(/C=C/C=C/c2c(C)nn3c(=O)c4ccccc4n(C)c23)[n+](CC=C)c2nc3cc(Cl)c(Cl)cc3nc21. The molecular formula is C31H26Cl2N7O+. The zero-order chi connectivity index (χ0) is 28.8. The molecule has 0 aliphatic carbocycles. The van der Waals surface area contributed by atoms with Crippen molar-refractivity contribution in [1.29, 1.82) is 0 Å². The van der Waals surface area contributed by atoms with Gasteiger partial charge in [0.05, 0.1) is 39.7 Å². The molecule has 4 aromatic heterocycles. The third-order valence-corrected chi connectivity index (χ3v) is 7.79. The zero-order valence-electron chi connectivity index (χ0n) is 22.6. The van der Waals surface area contributed by atoms with Crippen LogP contribution in [0, 0.1) is 6.92 Å². The standard InChI is InChI=1S/C31H26Cl2N7O/c1-5-15-38-27(39(16-6-2)29-28(38)34-24-17-22(32)23(33)18-25(24)35-29)14-10-8-11-20-19(3)36-40-30(20)37(4)26-13-9-7-12-21(26)31(40)41/h5-14,17-18H,1-2,15-16H2,3-4H3/q+1. The maximum absolute atomic E-state index is 13.1. The summed E-state index contributed by atoms with van der Waals surface area (Å²) in [5, 5.41) is 6.02. The van der Waals surface area contributed by atoms with E-state index in [9.17, 15) is 4.79 Å². The Balaban J connectivity index is 1.48. The van der Waals surface area contributed by atoms with E-state index in [-0.39, 0.29) is 5.56 Å². The van der Waals surface area contributed by atoms with Gasteiger partial charge in [-0.1, -0.05) is 77.8 Å². The first-order valence-corrected chi connectivity index (χ1v) is 13.7. The quantitative estimate of drug-likeness (QED) is 0.130. The van der Waals surface area contributed by atoms with Crippen molar-refractivity contribution in [3.63, 3.8) is 0 Å². The third-order valence-electron chi connectivity index (χ3n) is 7.06. The van der Waals surface area contributed by atoms with E-state index in [1.807, 2.05) is 88.4 Å². The molecule has 0 aliphatic rings. The van der Waals surface area contributed by atoms with E-state index >= 15 is 0 Å². The number of halogens is 2. The van der Waals surface area contributed by atoms with Gasteiger partial charge in [0.15, 0.2) is 5.52 Å². The lowest BCUT2D eigenvalue weighted by molar-refractivity contribution is -0.665. The van der Waals surface area contributed by atoms with Crippen LogP contribution in [0.3, 0.4) is 0 Å². The Morgan fingerprint density at radius 3 is 2.44 bits per heavy atom. The number of rotatable bonds is 7. The van der Waals surface area contributed by atoms with Crippen LogP contribution < -0.4 is 10.1 Å². The average molecular weight is 584 g/mol. The molecule has 0 saturated heterocycles. The van der Waals surface area contributed by atoms with E-state index in [1.54, 1.807) is 12.1 Å². The number of benzene rings is 2. The first kappa shape index (κ1) is 26.7. The second-order valence-corrected chi connectivity index (χ2v) is 10.4. The maximum atomic E-state index is 13.1. The second-order valence-electron chi connectivity index (χ2n) is 9.62. The summed E-state index contributed by atoms with van der Waals surface area (Å²) in [6.45, 7) is 10.8. The fourth-order valence-corrected chi connectivity index (χ4v) is 5.53. The molecule has 0 unspecified atom stereocenters. The molecule has 0 radical (unpaired) electrons. The lowest BCUT2D eigenvalue weighted by Crippen LogP contribution is -2.36. The van der Waals surface area contributed by atoms with Crippen molar-refractivity contribution in [3.05, 3.63) is 111 Å². The van der Waals surface area contributed by atoms with Gasteiger partial charge in [-0.25, -0.2) is 14.1 Å². The van der Waals surface area contributed by atoms with E-state index in [0.717, 1.165) is 28.2 Å². The molecule has 0 spiro atoms. The van der Waals surface area contributed by atoms with Crippen molar-refractivity contribution >= 4 is 74.2 Å². The van der Waals surface area contributed by atoms with Crippen LogP contribution in [0.2, 0.25) is 10.0 Å². The largest absolute Gasteiger partial charge is 0.328 e. The van der Waals surface area contributed by atoms with Crippen molar-refractivity contribution < 1.29 is 4.57 Å². The zero-order valence-corrected chi connectivity index (χ0v) is 24.1. The molecule has 0 atom stereocenters. The van der Waals surface area contributed by atoms with Crippen molar-refractivity contribution in [1.82, 2.24) is 28.7 Å². The number of hydrogen-bond acceptors (Lipinski definition) is 4. The number of hydrogen-bond donors (Lipinski definition) is 0. The Morgan fingerprint density at radius 1 is 1.00 bits per heavy atom. The van der Waals surface area contributed by atoms with E-state index in [4.69, 9.17) is 33.2 Å². The average Bonchev–Trinajstić information content (AvgIpc) is 3.43. The smallest absolute Gasteiger partial charge is 0.323 e. The highest BCUT2D eigenvalue weighted by atomic mass is 35.5. The predicted octanol–water partition coefficient (Wildman–Crippen LogP) is 6.09. The van der Waals surface area contributed by atoms with Gasteiger partial charge < -0.3 is 4.57 Å². The van der Waals surface area contributed by atoms with Crippen molar-refractivity contribution in [3.8, 4) is 0 Å². The lowest BCUT2D eigenvalue weighted by atomic mass is 10.2. The first-order chi connectivity index (χ1) is 19.8. The Labute approximate surface area is 245 Å². The Hall–Kier alpha value is -4.53. The molecule has 8 nitrogen and oxygen atoms in total. The molecule has 204 valence electrons. The number of aromatic nitrogens is 7. The van der Waals surface area contributed by atoms with Crippen LogP contribution in [-0.2, 0) is 20.1 Å². The highest BCUT2D eigenvalue weighted by molar-refractivity contribution is 6.42. The fraction of sp³-hybridized carbons (Fsp3) is 0.129. The minimum Gasteiger partial charge on any atom is -0.328 e. The number of aryl methyl sites for hydroxylation is 2. The van der Waals surface area contributed by atoms with Crippen LogP contribution in [0.5, 0.6) is 0 Å². The summed E-state index contributed by atoms with van der Waals surface area (Å²) in [4.78, 5) is 22.9. The van der Waals surface area contributed by atoms with Crippen LogP contribution in [-0.4, -0.2) is 28.7 Å². The molecule has 4 heterocycles. The van der Waals surface area contributed by atoms with Crippen molar-refractivity contribution in [2.75, 3.05) is 0 Å². The van der Waals surface area contributed by atoms with Gasteiger partial charge in [-0.3, -0.25) is 4.79 Å². The summed E-state index contributed by atoms with van der Waals surface area (Å²) in [5.41, 5.74) is 5.77. The van der Waals surface area contributed by atoms with Gasteiger partial charge in [-0.05, 0) is 31.2 Å². The minimum absolute atomic E-state index is 0.138. The van der Waals surface area contributed by atoms with Gasteiger partial charge in [-0.2, -0.15) is 9.61 Å². The molecule has 0 fully saturated rings. The number of fused-ring (bicyclic) bond motifs is 4. The molecule has 0 saturated carbocycles. The number of para-hydroxylation sites is 1. The fourth-order valence-electron chi connectivity index (χ4n) is 5.21. The molecule has 6 aromatic rings. The van der Waals surface area contributed by atoms with Crippen molar-refractivity contribution in [2.45, 2.75) is 20.0 Å². The molecule has 6 rings (SSSR count). The summed E-state index contributed by atoms with van der Waals surface area (Å²) < 4.78 is 7.56. The molecule has 0 bridgehead atoms. The van der Waals surface area contributed by atoms with Gasteiger partial charge in [0.2, 0.25) is 5.82 Å². The third kappa shape index (κ3) is 4.36. The van der Waals surface area contributed by atoms with Gasteiger partial charge in [0, 0.05) is 24.8 Å². The van der Waals surface area contributed by atoms with E-state index in [1.165, 1.54) is 4.52 Å². The van der Waals surface area contributed by atoms with Gasteiger partial charge >= 0.3 is 5.65 Å². The molecule has 10 heteroatoms. The molecule has 2 aromatic carbocycles. The van der Waals surface area contributed by atoms with Gasteiger partial charge in [0.25, 0.3) is 11.2 Å². The van der Waals surface area contributed by atoms with Crippen LogP contribution in [0.25, 0.3) is 51.0 Å². The van der Waals surface area contributed by atoms with E-state index in [2.05, 4.69) is 18.3 Å². The molecule has 0 N–H and O–H groups in total. The summed E-state index contributed by atoms with van der Waals surface area (Å²) in [5.74, 6) is 0.868. The number of imidazole rings is 1. The highest BCUT2D eigenvalue weighted by Crippen LogP contribution is 2.27. The van der Waals surface area contributed by atoms with Crippen molar-refractivity contribution in [2.24, 2.45) is 7.05 Å². The van der Waals surface area contributed by atoms with Gasteiger partial charge in [0.1, 0.15) is 11.2 Å². The Morgan fingerprint density at radius 2 is 1.71 bits per heavy atom. The molecule has 41 heavy (non-hydrogen) atoms.